The van der Waals surface area contributed by atoms with E-state index in [0.717, 1.165) is 52.4 Å². The number of methoxy groups -OCH3 is 1. The van der Waals surface area contributed by atoms with Crippen LogP contribution in [0.5, 0.6) is 17.2 Å². The molecule has 6 heteroatoms. The number of esters is 1. The maximum absolute atomic E-state index is 13.3. The number of benzene rings is 4. The van der Waals surface area contributed by atoms with Crippen LogP contribution in [0.1, 0.15) is 46.5 Å². The number of nitrogens with one attached hydrogen (secondary N) is 1. The third-order valence-electron chi connectivity index (χ3n) is 7.56. The van der Waals surface area contributed by atoms with E-state index in [2.05, 4.69) is 43.1 Å². The summed E-state index contributed by atoms with van der Waals surface area (Å²) < 4.78 is 18.7. The molecule has 6 rings (SSSR count). The monoisotopic (exact) mass is 506 g/mol. The van der Waals surface area contributed by atoms with Crippen LogP contribution in [0.3, 0.4) is 0 Å². The number of carbonyl (C=O) groups excluding carboxylic acids is 1. The van der Waals surface area contributed by atoms with E-state index in [4.69, 9.17) is 14.2 Å². The quantitative estimate of drug-likeness (QED) is 0.280. The van der Waals surface area contributed by atoms with E-state index >= 15 is 0 Å². The highest BCUT2D eigenvalue weighted by Crippen LogP contribution is 2.58. The van der Waals surface area contributed by atoms with E-state index in [1.165, 1.54) is 0 Å². The number of hydrogen-bond donors (Lipinski definition) is 1. The maximum atomic E-state index is 13.3. The van der Waals surface area contributed by atoms with E-state index < -0.39 is 5.60 Å². The minimum absolute atomic E-state index is 0.351. The Morgan fingerprint density at radius 2 is 1.58 bits per heavy atom. The van der Waals surface area contributed by atoms with Gasteiger partial charge >= 0.3 is 5.97 Å². The fourth-order valence-corrected chi connectivity index (χ4v) is 5.60. The van der Waals surface area contributed by atoms with Crippen molar-refractivity contribution in [2.45, 2.75) is 26.4 Å². The van der Waals surface area contributed by atoms with Gasteiger partial charge in [-0.2, -0.15) is 0 Å². The SMILES string of the molecule is CCN(CC)c1ccc2c(c1)Oc1cc(OC)c(Nc3ccccc3C)cc1C21OC(=O)c2ccccc21. The van der Waals surface area contributed by atoms with Crippen LogP contribution in [0.15, 0.2) is 78.9 Å². The topological polar surface area (TPSA) is 60.0 Å². The molecule has 38 heavy (non-hydrogen) atoms. The Balaban J connectivity index is 1.60. The number of nitrogens with zero attached hydrogens (tertiary/aromatic N) is 1. The first-order valence-corrected chi connectivity index (χ1v) is 13.0. The second-order valence-electron chi connectivity index (χ2n) is 9.56. The Morgan fingerprint density at radius 1 is 0.842 bits per heavy atom. The Hall–Kier alpha value is -4.45. The van der Waals surface area contributed by atoms with Gasteiger partial charge in [-0.1, -0.05) is 36.4 Å². The average Bonchev–Trinajstić information content (AvgIpc) is 3.23. The standard InChI is InChI=1S/C32H30N2O4/c1-5-34(6-2)21-15-16-24-28(17-21)37-29-19-30(36-4)27(33-26-14-10-7-11-20(26)3)18-25(29)32(24)23-13-9-8-12-22(23)31(35)38-32/h7-19,33H,5-6H2,1-4H3. The predicted molar refractivity (Wildman–Crippen MR) is 149 cm³/mol. The zero-order valence-electron chi connectivity index (χ0n) is 22.0. The van der Waals surface area contributed by atoms with Crippen molar-refractivity contribution in [1.82, 2.24) is 0 Å². The number of fused-ring (bicyclic) bond motifs is 6. The Labute approximate surface area is 222 Å². The summed E-state index contributed by atoms with van der Waals surface area (Å²) >= 11 is 0. The molecular formula is C32H30N2O4. The van der Waals surface area contributed by atoms with Crippen molar-refractivity contribution in [3.05, 3.63) is 107 Å². The molecule has 4 aromatic rings. The van der Waals surface area contributed by atoms with Gasteiger partial charge in [0, 0.05) is 53.3 Å². The van der Waals surface area contributed by atoms with Crippen molar-refractivity contribution in [1.29, 1.82) is 0 Å². The van der Waals surface area contributed by atoms with Crippen molar-refractivity contribution in [2.24, 2.45) is 0 Å². The van der Waals surface area contributed by atoms with E-state index in [1.54, 1.807) is 7.11 Å². The molecule has 0 aromatic heterocycles. The summed E-state index contributed by atoms with van der Waals surface area (Å²) in [6, 6.07) is 25.7. The highest BCUT2D eigenvalue weighted by Gasteiger charge is 2.53. The summed E-state index contributed by atoms with van der Waals surface area (Å²) in [6.07, 6.45) is 0. The first-order chi connectivity index (χ1) is 18.5. The third-order valence-corrected chi connectivity index (χ3v) is 7.56. The normalized spacial score (nSPS) is 16.7. The van der Waals surface area contributed by atoms with Crippen LogP contribution in [0.2, 0.25) is 0 Å². The lowest BCUT2D eigenvalue weighted by Gasteiger charge is -2.37. The summed E-state index contributed by atoms with van der Waals surface area (Å²) in [6.45, 7) is 8.05. The van der Waals surface area contributed by atoms with Crippen molar-refractivity contribution in [2.75, 3.05) is 30.4 Å². The minimum Gasteiger partial charge on any atom is -0.494 e. The molecule has 2 heterocycles. The summed E-state index contributed by atoms with van der Waals surface area (Å²) in [5, 5.41) is 3.52. The van der Waals surface area contributed by atoms with Gasteiger partial charge in [0.25, 0.3) is 0 Å². The van der Waals surface area contributed by atoms with Gasteiger partial charge in [-0.15, -0.1) is 0 Å². The van der Waals surface area contributed by atoms with Gasteiger partial charge in [0.2, 0.25) is 0 Å². The molecule has 192 valence electrons. The molecule has 0 aliphatic carbocycles. The first kappa shape index (κ1) is 23.9. The zero-order chi connectivity index (χ0) is 26.4. The third kappa shape index (κ3) is 3.51. The van der Waals surface area contributed by atoms with Crippen LogP contribution in [0.4, 0.5) is 17.1 Å². The lowest BCUT2D eigenvalue weighted by atomic mass is 9.77. The van der Waals surface area contributed by atoms with Crippen molar-refractivity contribution in [3.8, 4) is 17.2 Å². The van der Waals surface area contributed by atoms with Gasteiger partial charge in [0.05, 0.1) is 18.4 Å². The molecule has 1 atom stereocenters. The van der Waals surface area contributed by atoms with E-state index in [-0.39, 0.29) is 5.97 Å². The summed E-state index contributed by atoms with van der Waals surface area (Å²) in [5.74, 6) is 1.53. The molecule has 2 aliphatic rings. The van der Waals surface area contributed by atoms with Gasteiger partial charge in [-0.05, 0) is 56.7 Å². The number of para-hydroxylation sites is 1. The number of anilines is 3. The smallest absolute Gasteiger partial charge is 0.340 e. The van der Waals surface area contributed by atoms with Crippen molar-refractivity contribution < 1.29 is 19.0 Å². The molecule has 1 spiro atoms. The highest BCUT2D eigenvalue weighted by molar-refractivity contribution is 5.97. The summed E-state index contributed by atoms with van der Waals surface area (Å²) in [4.78, 5) is 15.5. The van der Waals surface area contributed by atoms with Crippen LogP contribution >= 0.6 is 0 Å². The Bertz CT molecular complexity index is 1560. The minimum atomic E-state index is -1.15. The van der Waals surface area contributed by atoms with Crippen LogP contribution in [-0.4, -0.2) is 26.2 Å². The lowest BCUT2D eigenvalue weighted by Crippen LogP contribution is -2.33. The lowest BCUT2D eigenvalue weighted by molar-refractivity contribution is 0.0224. The number of aryl methyl sites for hydroxylation is 1. The number of hydrogen-bond acceptors (Lipinski definition) is 6. The molecule has 1 unspecified atom stereocenters. The average molecular weight is 507 g/mol. The van der Waals surface area contributed by atoms with Crippen molar-refractivity contribution in [3.63, 3.8) is 0 Å². The predicted octanol–water partition coefficient (Wildman–Crippen LogP) is 7.16. The Kier molecular flexibility index (Phi) is 5.75. The summed E-state index contributed by atoms with van der Waals surface area (Å²) in [5.41, 5.74) is 5.63. The Morgan fingerprint density at radius 3 is 2.34 bits per heavy atom. The summed E-state index contributed by atoms with van der Waals surface area (Å²) in [7, 11) is 1.64. The van der Waals surface area contributed by atoms with Gasteiger partial charge in [-0.25, -0.2) is 4.79 Å². The fourth-order valence-electron chi connectivity index (χ4n) is 5.60. The zero-order valence-corrected chi connectivity index (χ0v) is 22.0. The number of ether oxygens (including phenoxy) is 3. The molecule has 6 nitrogen and oxygen atoms in total. The molecule has 0 amide bonds. The molecule has 0 saturated carbocycles. The molecular weight excluding hydrogens is 476 g/mol. The van der Waals surface area contributed by atoms with Gasteiger partial charge in [-0.3, -0.25) is 0 Å². The fraction of sp³-hybridized carbons (Fsp3) is 0.219. The molecule has 0 fully saturated rings. The largest absolute Gasteiger partial charge is 0.494 e. The van der Waals surface area contributed by atoms with Crippen LogP contribution < -0.4 is 19.7 Å². The maximum Gasteiger partial charge on any atom is 0.340 e. The van der Waals surface area contributed by atoms with Gasteiger partial charge < -0.3 is 24.4 Å². The second-order valence-corrected chi connectivity index (χ2v) is 9.56. The molecule has 4 aromatic carbocycles. The van der Waals surface area contributed by atoms with Gasteiger partial charge in [0.15, 0.2) is 5.60 Å². The van der Waals surface area contributed by atoms with E-state index in [0.29, 0.717) is 22.8 Å². The van der Waals surface area contributed by atoms with Crippen LogP contribution in [0.25, 0.3) is 0 Å². The van der Waals surface area contributed by atoms with E-state index in [1.807, 2.05) is 66.7 Å². The van der Waals surface area contributed by atoms with E-state index in [9.17, 15) is 4.79 Å². The van der Waals surface area contributed by atoms with Crippen LogP contribution in [0, 0.1) is 6.92 Å². The highest BCUT2D eigenvalue weighted by atomic mass is 16.6. The second kappa shape index (κ2) is 9.14. The number of carbonyl (C=O) groups is 1. The molecule has 0 radical (unpaired) electrons. The molecule has 0 saturated heterocycles. The van der Waals surface area contributed by atoms with Crippen LogP contribution in [-0.2, 0) is 10.3 Å². The number of rotatable bonds is 6. The molecule has 1 N–H and O–H groups in total. The molecule has 2 aliphatic heterocycles. The molecule has 0 bridgehead atoms. The first-order valence-electron chi connectivity index (χ1n) is 13.0. The van der Waals surface area contributed by atoms with Crippen molar-refractivity contribution >= 4 is 23.0 Å². The van der Waals surface area contributed by atoms with Gasteiger partial charge in [0.1, 0.15) is 17.2 Å².